The molecule has 0 spiro atoms. The van der Waals surface area contributed by atoms with Crippen LogP contribution in [0.3, 0.4) is 0 Å². The first kappa shape index (κ1) is 21.9. The zero-order valence-corrected chi connectivity index (χ0v) is 17.0. The van der Waals surface area contributed by atoms with Crippen molar-refractivity contribution in [3.8, 4) is 11.5 Å². The number of anilines is 1. The second-order valence-corrected chi connectivity index (χ2v) is 6.64. The summed E-state index contributed by atoms with van der Waals surface area (Å²) < 4.78 is 15.7. The number of nitrogens with one attached hydrogen (secondary N) is 1. The first-order valence-corrected chi connectivity index (χ1v) is 9.37. The lowest BCUT2D eigenvalue weighted by Crippen LogP contribution is -2.30. The Balaban J connectivity index is 1.71. The molecule has 2 rings (SSSR count). The van der Waals surface area contributed by atoms with Crippen LogP contribution in [0, 0.1) is 0 Å². The van der Waals surface area contributed by atoms with Crippen molar-refractivity contribution in [2.75, 3.05) is 19.0 Å². The minimum atomic E-state index is -0.968. The molecular weight excluding hydrogens is 405 g/mol. The van der Waals surface area contributed by atoms with Crippen LogP contribution >= 0.6 is 23.2 Å². The largest absolute Gasteiger partial charge is 0.497 e. The summed E-state index contributed by atoms with van der Waals surface area (Å²) in [6.45, 7) is 1.83. The molecule has 1 unspecified atom stereocenters. The average Bonchev–Trinajstić information content (AvgIpc) is 2.69. The van der Waals surface area contributed by atoms with Crippen molar-refractivity contribution in [1.82, 2.24) is 0 Å². The quantitative estimate of drug-likeness (QED) is 0.464. The fourth-order valence-corrected chi connectivity index (χ4v) is 2.57. The Kier molecular flexibility index (Phi) is 8.42. The van der Waals surface area contributed by atoms with Crippen LogP contribution < -0.4 is 14.8 Å². The van der Waals surface area contributed by atoms with Gasteiger partial charge in [0, 0.05) is 6.42 Å². The molecule has 28 heavy (non-hydrogen) atoms. The zero-order valence-electron chi connectivity index (χ0n) is 15.5. The van der Waals surface area contributed by atoms with Crippen molar-refractivity contribution in [1.29, 1.82) is 0 Å². The fraction of sp³-hybridized carbons (Fsp3) is 0.300. The Labute approximate surface area is 173 Å². The third-order valence-corrected chi connectivity index (χ3v) is 4.56. The highest BCUT2D eigenvalue weighted by molar-refractivity contribution is 6.44. The maximum Gasteiger partial charge on any atom is 0.306 e. The van der Waals surface area contributed by atoms with Gasteiger partial charge in [-0.2, -0.15) is 0 Å². The topological polar surface area (TPSA) is 73.9 Å². The van der Waals surface area contributed by atoms with Gasteiger partial charge in [-0.15, -0.1) is 0 Å². The smallest absolute Gasteiger partial charge is 0.306 e. The van der Waals surface area contributed by atoms with E-state index in [0.717, 1.165) is 5.75 Å². The molecule has 0 aliphatic heterocycles. The van der Waals surface area contributed by atoms with Gasteiger partial charge in [-0.3, -0.25) is 9.59 Å². The monoisotopic (exact) mass is 425 g/mol. The molecule has 0 fully saturated rings. The van der Waals surface area contributed by atoms with Crippen LogP contribution in [0.2, 0.25) is 10.0 Å². The van der Waals surface area contributed by atoms with Gasteiger partial charge in [0.25, 0.3) is 5.91 Å². The first-order valence-electron chi connectivity index (χ1n) is 8.62. The van der Waals surface area contributed by atoms with Gasteiger partial charge in [-0.05, 0) is 49.7 Å². The number of ether oxygens (including phenoxy) is 3. The maximum atomic E-state index is 12.2. The predicted molar refractivity (Wildman–Crippen MR) is 108 cm³/mol. The molecule has 1 N–H and O–H groups in total. The SMILES string of the molecule is COc1ccc(OCCCC(=O)OC(C)C(=O)Nc2cccc(Cl)c2Cl)cc1. The molecule has 0 radical (unpaired) electrons. The summed E-state index contributed by atoms with van der Waals surface area (Å²) in [7, 11) is 1.59. The summed E-state index contributed by atoms with van der Waals surface area (Å²) in [6.07, 6.45) is -0.379. The van der Waals surface area contributed by atoms with Crippen molar-refractivity contribution in [2.45, 2.75) is 25.9 Å². The van der Waals surface area contributed by atoms with Gasteiger partial charge in [0.05, 0.1) is 29.4 Å². The van der Waals surface area contributed by atoms with Crippen molar-refractivity contribution >= 4 is 40.8 Å². The molecule has 6 nitrogen and oxygen atoms in total. The Morgan fingerprint density at radius 1 is 1.07 bits per heavy atom. The molecule has 0 heterocycles. The molecule has 0 aliphatic carbocycles. The van der Waals surface area contributed by atoms with E-state index < -0.39 is 18.0 Å². The van der Waals surface area contributed by atoms with E-state index in [1.165, 1.54) is 6.92 Å². The lowest BCUT2D eigenvalue weighted by Gasteiger charge is -2.14. The summed E-state index contributed by atoms with van der Waals surface area (Å²) in [5, 5.41) is 3.14. The molecule has 8 heteroatoms. The molecule has 1 amide bonds. The van der Waals surface area contributed by atoms with Crippen LogP contribution in [0.4, 0.5) is 5.69 Å². The third-order valence-electron chi connectivity index (χ3n) is 3.74. The molecule has 0 aromatic heterocycles. The van der Waals surface area contributed by atoms with E-state index in [1.54, 1.807) is 49.6 Å². The zero-order chi connectivity index (χ0) is 20.5. The molecule has 1 atom stereocenters. The lowest BCUT2D eigenvalue weighted by molar-refractivity contribution is -0.153. The number of rotatable bonds is 9. The Morgan fingerprint density at radius 2 is 1.75 bits per heavy atom. The van der Waals surface area contributed by atoms with E-state index in [2.05, 4.69) is 5.32 Å². The third kappa shape index (κ3) is 6.62. The first-order chi connectivity index (χ1) is 13.4. The molecule has 150 valence electrons. The van der Waals surface area contributed by atoms with Gasteiger partial charge in [0.2, 0.25) is 0 Å². The van der Waals surface area contributed by atoms with E-state index in [9.17, 15) is 9.59 Å². The van der Waals surface area contributed by atoms with Gasteiger partial charge < -0.3 is 19.5 Å². The Hall–Kier alpha value is -2.44. The Morgan fingerprint density at radius 3 is 2.43 bits per heavy atom. The van der Waals surface area contributed by atoms with E-state index in [4.69, 9.17) is 37.4 Å². The fourth-order valence-electron chi connectivity index (χ4n) is 2.22. The van der Waals surface area contributed by atoms with Crippen LogP contribution in [0.5, 0.6) is 11.5 Å². The summed E-state index contributed by atoms with van der Waals surface area (Å²) in [6, 6.07) is 12.0. The minimum Gasteiger partial charge on any atom is -0.497 e. The van der Waals surface area contributed by atoms with Gasteiger partial charge in [-0.1, -0.05) is 29.3 Å². The second-order valence-electron chi connectivity index (χ2n) is 5.85. The highest BCUT2D eigenvalue weighted by atomic mass is 35.5. The summed E-state index contributed by atoms with van der Waals surface area (Å²) >= 11 is 11.9. The average molecular weight is 426 g/mol. The van der Waals surface area contributed by atoms with Gasteiger partial charge in [-0.25, -0.2) is 0 Å². The number of esters is 1. The summed E-state index contributed by atoms with van der Waals surface area (Å²) in [5.41, 5.74) is 0.356. The number of methoxy groups -OCH3 is 1. The highest BCUT2D eigenvalue weighted by Gasteiger charge is 2.19. The minimum absolute atomic E-state index is 0.131. The number of amides is 1. The number of benzene rings is 2. The van der Waals surface area contributed by atoms with Gasteiger partial charge >= 0.3 is 5.97 Å². The van der Waals surface area contributed by atoms with E-state index in [0.29, 0.717) is 29.5 Å². The maximum absolute atomic E-state index is 12.2. The van der Waals surface area contributed by atoms with Gasteiger partial charge in [0.1, 0.15) is 11.5 Å². The summed E-state index contributed by atoms with van der Waals surface area (Å²) in [4.78, 5) is 24.1. The van der Waals surface area contributed by atoms with Crippen LogP contribution in [0.1, 0.15) is 19.8 Å². The number of hydrogen-bond donors (Lipinski definition) is 1. The number of halogens is 2. The van der Waals surface area contributed by atoms with Crippen LogP contribution in [-0.2, 0) is 14.3 Å². The van der Waals surface area contributed by atoms with E-state index >= 15 is 0 Å². The van der Waals surface area contributed by atoms with E-state index in [-0.39, 0.29) is 11.4 Å². The molecule has 0 bridgehead atoms. The molecular formula is C20H21Cl2NO5. The number of carbonyl (C=O) groups is 2. The van der Waals surface area contributed by atoms with Crippen LogP contribution in [0.15, 0.2) is 42.5 Å². The van der Waals surface area contributed by atoms with Gasteiger partial charge in [0.15, 0.2) is 6.10 Å². The molecule has 0 saturated carbocycles. The lowest BCUT2D eigenvalue weighted by atomic mass is 10.3. The normalized spacial score (nSPS) is 11.4. The number of carbonyl (C=O) groups excluding carboxylic acids is 2. The number of hydrogen-bond acceptors (Lipinski definition) is 5. The molecule has 2 aromatic rings. The molecule has 0 saturated heterocycles. The van der Waals surface area contributed by atoms with Crippen molar-refractivity contribution in [2.24, 2.45) is 0 Å². The molecule has 0 aliphatic rings. The van der Waals surface area contributed by atoms with E-state index in [1.807, 2.05) is 0 Å². The van der Waals surface area contributed by atoms with Crippen molar-refractivity contribution < 1.29 is 23.8 Å². The Bertz CT molecular complexity index is 811. The highest BCUT2D eigenvalue weighted by Crippen LogP contribution is 2.29. The second kappa shape index (κ2) is 10.8. The van der Waals surface area contributed by atoms with Crippen LogP contribution in [0.25, 0.3) is 0 Å². The molecule has 2 aromatic carbocycles. The van der Waals surface area contributed by atoms with Crippen molar-refractivity contribution in [3.63, 3.8) is 0 Å². The van der Waals surface area contributed by atoms with Crippen LogP contribution in [-0.4, -0.2) is 31.7 Å². The summed E-state index contributed by atoms with van der Waals surface area (Å²) in [5.74, 6) is 0.438. The predicted octanol–water partition coefficient (Wildman–Crippen LogP) is 4.73. The van der Waals surface area contributed by atoms with Crippen molar-refractivity contribution in [3.05, 3.63) is 52.5 Å². The standard InChI is InChI=1S/C20H21Cl2NO5/c1-13(20(25)23-17-6-3-5-16(21)19(17)22)28-18(24)7-4-12-27-15-10-8-14(26-2)9-11-15/h3,5-6,8-11,13H,4,7,12H2,1-2H3,(H,23,25).